The van der Waals surface area contributed by atoms with Gasteiger partial charge < -0.3 is 5.11 Å². The van der Waals surface area contributed by atoms with Gasteiger partial charge >= 0.3 is 6.01 Å². The van der Waals surface area contributed by atoms with Crippen LogP contribution in [0, 0.1) is 6.92 Å². The summed E-state index contributed by atoms with van der Waals surface area (Å²) in [4.78, 5) is 7.05. The second-order valence-electron chi connectivity index (χ2n) is 1.56. The summed E-state index contributed by atoms with van der Waals surface area (Å²) < 4.78 is 0. The normalized spacial score (nSPS) is 9.12. The van der Waals surface area contributed by atoms with Crippen LogP contribution < -0.4 is 0 Å². The van der Waals surface area contributed by atoms with Crippen molar-refractivity contribution in [3.63, 3.8) is 0 Å². The maximum Gasteiger partial charge on any atom is 0.313 e. The molecule has 1 heterocycles. The molecule has 1 rings (SSSR count). The molecule has 0 radical (unpaired) electrons. The number of rotatable bonds is 0. The SMILES string of the molecule is Cc1cnc(O)nc1. The summed E-state index contributed by atoms with van der Waals surface area (Å²) in [6.45, 7) is 1.86. The van der Waals surface area contributed by atoms with Crippen LogP contribution in [-0.4, -0.2) is 15.1 Å². The lowest BCUT2D eigenvalue weighted by molar-refractivity contribution is 0.430. The molecular weight excluding hydrogens is 104 g/mol. The van der Waals surface area contributed by atoms with Gasteiger partial charge in [-0.15, -0.1) is 0 Å². The standard InChI is InChI=1S/C5H6N2O/c1-4-2-6-5(8)7-3-4/h2-3H,1H3,(H,6,7,8). The molecule has 0 spiro atoms. The number of aromatic nitrogens is 2. The molecular formula is C5H6N2O. The van der Waals surface area contributed by atoms with Gasteiger partial charge in [-0.05, 0) is 12.5 Å². The first kappa shape index (κ1) is 5.03. The third-order valence-electron chi connectivity index (χ3n) is 0.767. The Labute approximate surface area is 47.0 Å². The van der Waals surface area contributed by atoms with Crippen LogP contribution in [0.5, 0.6) is 6.01 Å². The zero-order valence-electron chi connectivity index (χ0n) is 4.50. The first-order valence-corrected chi connectivity index (χ1v) is 2.26. The summed E-state index contributed by atoms with van der Waals surface area (Å²) >= 11 is 0. The van der Waals surface area contributed by atoms with Crippen LogP contribution >= 0.6 is 0 Å². The first-order valence-electron chi connectivity index (χ1n) is 2.26. The number of nitrogens with zero attached hydrogens (tertiary/aromatic N) is 2. The second-order valence-corrected chi connectivity index (χ2v) is 1.56. The second kappa shape index (κ2) is 1.78. The predicted molar refractivity (Wildman–Crippen MR) is 28.4 cm³/mol. The van der Waals surface area contributed by atoms with Crippen LogP contribution in [0.3, 0.4) is 0 Å². The molecule has 0 atom stereocenters. The van der Waals surface area contributed by atoms with E-state index in [0.29, 0.717) is 0 Å². The van der Waals surface area contributed by atoms with Crippen molar-refractivity contribution in [3.8, 4) is 6.01 Å². The van der Waals surface area contributed by atoms with E-state index >= 15 is 0 Å². The lowest BCUT2D eigenvalue weighted by atomic mass is 10.4. The summed E-state index contributed by atoms with van der Waals surface area (Å²) in [6, 6.07) is -0.171. The van der Waals surface area contributed by atoms with E-state index in [0.717, 1.165) is 5.56 Å². The van der Waals surface area contributed by atoms with Crippen molar-refractivity contribution in [2.75, 3.05) is 0 Å². The maximum atomic E-state index is 8.53. The average molecular weight is 110 g/mol. The summed E-state index contributed by atoms with van der Waals surface area (Å²) in [5.41, 5.74) is 0.947. The molecule has 0 aromatic carbocycles. The monoisotopic (exact) mass is 110 g/mol. The summed E-state index contributed by atoms with van der Waals surface area (Å²) in [5.74, 6) is 0. The van der Waals surface area contributed by atoms with Gasteiger partial charge in [-0.25, -0.2) is 9.97 Å². The fourth-order valence-corrected chi connectivity index (χ4v) is 0.386. The van der Waals surface area contributed by atoms with Crippen molar-refractivity contribution >= 4 is 0 Å². The fraction of sp³-hybridized carbons (Fsp3) is 0.200. The average Bonchev–Trinajstić information content (AvgIpc) is 1.77. The molecule has 0 aliphatic rings. The molecule has 1 N–H and O–H groups in total. The van der Waals surface area contributed by atoms with Crippen LogP contribution in [0.25, 0.3) is 0 Å². The maximum absolute atomic E-state index is 8.53. The Morgan fingerprint density at radius 2 is 1.88 bits per heavy atom. The molecule has 0 unspecified atom stereocenters. The molecule has 0 aliphatic heterocycles. The molecule has 0 saturated carbocycles. The Hall–Kier alpha value is -1.12. The number of aromatic hydroxyl groups is 1. The number of hydrogen-bond acceptors (Lipinski definition) is 3. The third kappa shape index (κ3) is 0.932. The highest BCUT2D eigenvalue weighted by molar-refractivity contribution is 5.02. The molecule has 0 fully saturated rings. The molecule has 3 nitrogen and oxygen atoms in total. The molecule has 3 heteroatoms. The van der Waals surface area contributed by atoms with Gasteiger partial charge in [0, 0.05) is 12.4 Å². The molecule has 0 amide bonds. The van der Waals surface area contributed by atoms with Gasteiger partial charge in [-0.2, -0.15) is 0 Å². The van der Waals surface area contributed by atoms with Crippen molar-refractivity contribution in [2.45, 2.75) is 6.92 Å². The highest BCUT2D eigenvalue weighted by atomic mass is 16.3. The van der Waals surface area contributed by atoms with Crippen LogP contribution in [0.15, 0.2) is 12.4 Å². The van der Waals surface area contributed by atoms with E-state index in [4.69, 9.17) is 5.11 Å². The zero-order valence-corrected chi connectivity index (χ0v) is 4.50. The van der Waals surface area contributed by atoms with Gasteiger partial charge in [0.05, 0.1) is 0 Å². The van der Waals surface area contributed by atoms with Gasteiger partial charge in [0.1, 0.15) is 0 Å². The number of aryl methyl sites for hydroxylation is 1. The van der Waals surface area contributed by atoms with Gasteiger partial charge in [0.2, 0.25) is 0 Å². The Morgan fingerprint density at radius 1 is 1.38 bits per heavy atom. The highest BCUT2D eigenvalue weighted by Crippen LogP contribution is 1.96. The number of hydrogen-bond donors (Lipinski definition) is 1. The minimum Gasteiger partial charge on any atom is -0.479 e. The fourth-order valence-electron chi connectivity index (χ4n) is 0.386. The Morgan fingerprint density at radius 3 is 2.25 bits per heavy atom. The van der Waals surface area contributed by atoms with E-state index in [9.17, 15) is 0 Å². The van der Waals surface area contributed by atoms with Crippen molar-refractivity contribution in [2.24, 2.45) is 0 Å². The van der Waals surface area contributed by atoms with Crippen molar-refractivity contribution in [1.29, 1.82) is 0 Å². The molecule has 0 aliphatic carbocycles. The van der Waals surface area contributed by atoms with E-state index in [1.807, 2.05) is 6.92 Å². The van der Waals surface area contributed by atoms with Crippen LogP contribution in [0.1, 0.15) is 5.56 Å². The molecule has 1 aromatic heterocycles. The van der Waals surface area contributed by atoms with Gasteiger partial charge in [-0.1, -0.05) is 0 Å². The van der Waals surface area contributed by atoms with Gasteiger partial charge in [0.25, 0.3) is 0 Å². The topological polar surface area (TPSA) is 46.0 Å². The molecule has 8 heavy (non-hydrogen) atoms. The minimum absolute atomic E-state index is 0.171. The van der Waals surface area contributed by atoms with Gasteiger partial charge in [0.15, 0.2) is 0 Å². The smallest absolute Gasteiger partial charge is 0.313 e. The zero-order chi connectivity index (χ0) is 5.98. The summed E-state index contributed by atoms with van der Waals surface area (Å²) in [7, 11) is 0. The van der Waals surface area contributed by atoms with E-state index in [-0.39, 0.29) is 6.01 Å². The van der Waals surface area contributed by atoms with E-state index in [2.05, 4.69) is 9.97 Å². The molecule has 0 saturated heterocycles. The van der Waals surface area contributed by atoms with Crippen LogP contribution in [-0.2, 0) is 0 Å². The highest BCUT2D eigenvalue weighted by Gasteiger charge is 1.85. The summed E-state index contributed by atoms with van der Waals surface area (Å²) in [5, 5.41) is 8.53. The molecule has 42 valence electrons. The van der Waals surface area contributed by atoms with E-state index in [1.165, 1.54) is 0 Å². The third-order valence-corrected chi connectivity index (χ3v) is 0.767. The van der Waals surface area contributed by atoms with Gasteiger partial charge in [-0.3, -0.25) is 0 Å². The van der Waals surface area contributed by atoms with Crippen molar-refractivity contribution in [1.82, 2.24) is 9.97 Å². The Balaban J connectivity index is 3.03. The molecule has 1 aromatic rings. The Bertz CT molecular complexity index is 149. The van der Waals surface area contributed by atoms with Crippen molar-refractivity contribution < 1.29 is 5.11 Å². The molecule has 0 bridgehead atoms. The Kier molecular flexibility index (Phi) is 1.12. The summed E-state index contributed by atoms with van der Waals surface area (Å²) in [6.07, 6.45) is 3.12. The van der Waals surface area contributed by atoms with E-state index < -0.39 is 0 Å². The van der Waals surface area contributed by atoms with E-state index in [1.54, 1.807) is 12.4 Å². The largest absolute Gasteiger partial charge is 0.479 e. The quantitative estimate of drug-likeness (QED) is 0.528. The lowest BCUT2D eigenvalue weighted by Crippen LogP contribution is -1.79. The van der Waals surface area contributed by atoms with Crippen molar-refractivity contribution in [3.05, 3.63) is 18.0 Å². The lowest BCUT2D eigenvalue weighted by Gasteiger charge is -1.87. The minimum atomic E-state index is -0.171. The van der Waals surface area contributed by atoms with Crippen LogP contribution in [0.4, 0.5) is 0 Å². The predicted octanol–water partition coefficient (Wildman–Crippen LogP) is 0.491. The van der Waals surface area contributed by atoms with Crippen LogP contribution in [0.2, 0.25) is 0 Å². The first-order chi connectivity index (χ1) is 3.79.